The Morgan fingerprint density at radius 2 is 1.72 bits per heavy atom. The monoisotopic (exact) mass is 389 g/mol. The lowest BCUT2D eigenvalue weighted by atomic mass is 10.3. The molecule has 8 heteroatoms. The number of imidazole rings is 2. The van der Waals surface area contributed by atoms with Crippen LogP contribution in [0.15, 0.2) is 65.6 Å². The maximum atomic E-state index is 13.5. The van der Waals surface area contributed by atoms with E-state index in [0.29, 0.717) is 28.6 Å². The Kier molecular flexibility index (Phi) is 3.73. The van der Waals surface area contributed by atoms with Gasteiger partial charge in [0.1, 0.15) is 11.6 Å². The van der Waals surface area contributed by atoms with E-state index in [2.05, 4.69) is 9.97 Å². The number of para-hydroxylation sites is 2. The number of hydrogen-bond acceptors (Lipinski definition) is 4. The summed E-state index contributed by atoms with van der Waals surface area (Å²) < 4.78 is 24.1. The van der Waals surface area contributed by atoms with E-state index in [1.165, 1.54) is 15.2 Å². The summed E-state index contributed by atoms with van der Waals surface area (Å²) in [5.41, 5.74) is 2.94. The van der Waals surface area contributed by atoms with Gasteiger partial charge in [-0.25, -0.2) is 18.7 Å². The summed E-state index contributed by atoms with van der Waals surface area (Å²) in [4.78, 5) is 21.2. The average Bonchev–Trinajstić information content (AvgIpc) is 3.17. The standard InChI is InChI=1S/C21H16FN5O2/c1-25-17-6-4-3-5-16(17)24-20(25)29-15-9-7-14(8-10-15)27-19-18(26(2)21(27)28)11-13(22)12-23-19/h3-12H,1-2H3. The molecular weight excluding hydrogens is 373 g/mol. The van der Waals surface area contributed by atoms with Crippen LogP contribution < -0.4 is 10.4 Å². The molecule has 5 rings (SSSR count). The lowest BCUT2D eigenvalue weighted by Gasteiger charge is -2.07. The van der Waals surface area contributed by atoms with Crippen LogP contribution >= 0.6 is 0 Å². The molecule has 0 spiro atoms. The molecule has 0 unspecified atom stereocenters. The number of nitrogens with zero attached hydrogens (tertiary/aromatic N) is 5. The quantitative estimate of drug-likeness (QED) is 0.473. The number of halogens is 1. The fourth-order valence-electron chi connectivity index (χ4n) is 3.40. The predicted molar refractivity (Wildman–Crippen MR) is 107 cm³/mol. The second-order valence-corrected chi connectivity index (χ2v) is 6.71. The molecule has 2 aromatic carbocycles. The minimum atomic E-state index is -0.489. The van der Waals surface area contributed by atoms with Gasteiger partial charge < -0.3 is 4.74 Å². The van der Waals surface area contributed by atoms with Gasteiger partial charge in [-0.2, -0.15) is 4.98 Å². The molecule has 7 nitrogen and oxygen atoms in total. The highest BCUT2D eigenvalue weighted by molar-refractivity contribution is 5.76. The van der Waals surface area contributed by atoms with Crippen LogP contribution in [0.2, 0.25) is 0 Å². The molecule has 5 aromatic rings. The molecular formula is C21H16FN5O2. The van der Waals surface area contributed by atoms with Gasteiger partial charge >= 0.3 is 11.7 Å². The van der Waals surface area contributed by atoms with Gasteiger partial charge in [0.2, 0.25) is 0 Å². The first-order chi connectivity index (χ1) is 14.0. The van der Waals surface area contributed by atoms with E-state index in [-0.39, 0.29) is 5.69 Å². The van der Waals surface area contributed by atoms with Crippen molar-refractivity contribution in [3.05, 3.63) is 77.1 Å². The Bertz CT molecular complexity index is 1430. The zero-order chi connectivity index (χ0) is 20.1. The number of aryl methyl sites for hydroxylation is 2. The third-order valence-electron chi connectivity index (χ3n) is 4.92. The minimum Gasteiger partial charge on any atom is -0.425 e. The van der Waals surface area contributed by atoms with Crippen molar-refractivity contribution in [1.29, 1.82) is 0 Å². The van der Waals surface area contributed by atoms with E-state index in [9.17, 15) is 9.18 Å². The van der Waals surface area contributed by atoms with Crippen LogP contribution in [0.5, 0.6) is 11.8 Å². The fourth-order valence-corrected chi connectivity index (χ4v) is 3.40. The molecule has 0 aliphatic heterocycles. The van der Waals surface area contributed by atoms with Gasteiger partial charge in [0.15, 0.2) is 5.65 Å². The number of rotatable bonds is 3. The van der Waals surface area contributed by atoms with Crippen molar-refractivity contribution in [2.45, 2.75) is 0 Å². The number of benzene rings is 2. The third-order valence-corrected chi connectivity index (χ3v) is 4.92. The van der Waals surface area contributed by atoms with Gasteiger partial charge in [-0.1, -0.05) is 12.1 Å². The summed E-state index contributed by atoms with van der Waals surface area (Å²) in [5, 5.41) is 0. The Labute approximate surface area is 164 Å². The molecule has 0 saturated heterocycles. The molecule has 144 valence electrons. The first-order valence-electron chi connectivity index (χ1n) is 8.95. The van der Waals surface area contributed by atoms with E-state index >= 15 is 0 Å². The van der Waals surface area contributed by atoms with Crippen LogP contribution in [-0.4, -0.2) is 23.7 Å². The Balaban J connectivity index is 1.52. The van der Waals surface area contributed by atoms with Crippen molar-refractivity contribution in [2.75, 3.05) is 0 Å². The van der Waals surface area contributed by atoms with Crippen molar-refractivity contribution in [3.8, 4) is 17.4 Å². The second-order valence-electron chi connectivity index (χ2n) is 6.71. The molecule has 0 N–H and O–H groups in total. The van der Waals surface area contributed by atoms with Crippen LogP contribution in [0.3, 0.4) is 0 Å². The summed E-state index contributed by atoms with van der Waals surface area (Å²) in [7, 11) is 3.48. The van der Waals surface area contributed by atoms with Gasteiger partial charge in [-0.05, 0) is 36.4 Å². The van der Waals surface area contributed by atoms with Gasteiger partial charge in [0.25, 0.3) is 0 Å². The summed E-state index contributed by atoms with van der Waals surface area (Å²) in [5.74, 6) is 0.0934. The van der Waals surface area contributed by atoms with Crippen LogP contribution in [0.1, 0.15) is 0 Å². The molecule has 0 fully saturated rings. The lowest BCUT2D eigenvalue weighted by Crippen LogP contribution is -2.20. The molecule has 3 heterocycles. The highest BCUT2D eigenvalue weighted by Gasteiger charge is 2.15. The molecule has 0 bridgehead atoms. The average molecular weight is 389 g/mol. The minimum absolute atomic E-state index is 0.304. The largest absolute Gasteiger partial charge is 0.425 e. The maximum Gasteiger partial charge on any atom is 0.334 e. The van der Waals surface area contributed by atoms with Crippen LogP contribution in [0, 0.1) is 5.82 Å². The number of ether oxygens (including phenoxy) is 1. The number of pyridine rings is 1. The van der Waals surface area contributed by atoms with E-state index in [4.69, 9.17) is 4.74 Å². The highest BCUT2D eigenvalue weighted by Crippen LogP contribution is 2.26. The third kappa shape index (κ3) is 2.68. The summed E-state index contributed by atoms with van der Waals surface area (Å²) in [6.45, 7) is 0. The zero-order valence-electron chi connectivity index (χ0n) is 15.7. The Morgan fingerprint density at radius 3 is 2.48 bits per heavy atom. The van der Waals surface area contributed by atoms with Crippen molar-refractivity contribution in [2.24, 2.45) is 14.1 Å². The maximum absolute atomic E-state index is 13.5. The molecule has 0 aliphatic rings. The SMILES string of the molecule is Cn1c(Oc2ccc(-n3c(=O)n(C)c4cc(F)cnc43)cc2)nc2ccccc21. The van der Waals surface area contributed by atoms with Crippen LogP contribution in [0.4, 0.5) is 4.39 Å². The molecule has 29 heavy (non-hydrogen) atoms. The van der Waals surface area contributed by atoms with Gasteiger partial charge in [-0.15, -0.1) is 0 Å². The Hall–Kier alpha value is -3.94. The number of fused-ring (bicyclic) bond motifs is 2. The van der Waals surface area contributed by atoms with Gasteiger partial charge in [-0.3, -0.25) is 9.13 Å². The highest BCUT2D eigenvalue weighted by atomic mass is 19.1. The molecule has 0 atom stereocenters. The molecule has 3 aromatic heterocycles. The van der Waals surface area contributed by atoms with Crippen molar-refractivity contribution >= 4 is 22.2 Å². The fraction of sp³-hybridized carbons (Fsp3) is 0.0952. The van der Waals surface area contributed by atoms with E-state index in [1.54, 1.807) is 31.3 Å². The molecule has 0 amide bonds. The lowest BCUT2D eigenvalue weighted by molar-refractivity contribution is 0.428. The molecule has 0 aliphatic carbocycles. The smallest absolute Gasteiger partial charge is 0.334 e. The molecule has 0 saturated carbocycles. The summed E-state index contributed by atoms with van der Waals surface area (Å²) >= 11 is 0. The number of aromatic nitrogens is 5. The van der Waals surface area contributed by atoms with Crippen molar-refractivity contribution < 1.29 is 9.13 Å². The van der Waals surface area contributed by atoms with Gasteiger partial charge in [0.05, 0.1) is 28.4 Å². The van der Waals surface area contributed by atoms with Crippen molar-refractivity contribution in [1.82, 2.24) is 23.7 Å². The van der Waals surface area contributed by atoms with E-state index < -0.39 is 5.82 Å². The second kappa shape index (κ2) is 6.30. The summed E-state index contributed by atoms with van der Waals surface area (Å²) in [6.07, 6.45) is 1.10. The normalized spacial score (nSPS) is 11.4. The zero-order valence-corrected chi connectivity index (χ0v) is 15.7. The number of hydrogen-bond donors (Lipinski definition) is 0. The molecule has 0 radical (unpaired) electrons. The first kappa shape index (κ1) is 17.2. The predicted octanol–water partition coefficient (Wildman–Crippen LogP) is 3.54. The van der Waals surface area contributed by atoms with E-state index in [1.807, 2.05) is 35.9 Å². The summed E-state index contributed by atoms with van der Waals surface area (Å²) in [6, 6.07) is 16.6. The van der Waals surface area contributed by atoms with Crippen molar-refractivity contribution in [3.63, 3.8) is 0 Å². The Morgan fingerprint density at radius 1 is 0.966 bits per heavy atom. The first-order valence-corrected chi connectivity index (χ1v) is 8.95. The van der Waals surface area contributed by atoms with E-state index in [0.717, 1.165) is 17.2 Å². The van der Waals surface area contributed by atoms with Crippen LogP contribution in [-0.2, 0) is 14.1 Å². The van der Waals surface area contributed by atoms with Crippen LogP contribution in [0.25, 0.3) is 27.9 Å². The topological polar surface area (TPSA) is 66.9 Å². The van der Waals surface area contributed by atoms with Gasteiger partial charge in [0, 0.05) is 20.2 Å².